The third kappa shape index (κ3) is 7.62. The molecule has 1 aliphatic rings. The van der Waals surface area contributed by atoms with Gasteiger partial charge in [-0.05, 0) is 43.0 Å². The van der Waals surface area contributed by atoms with E-state index >= 15 is 0 Å². The number of ether oxygens (including phenoxy) is 2. The summed E-state index contributed by atoms with van der Waals surface area (Å²) in [7, 11) is -1.28. The first kappa shape index (κ1) is 30.7. The Bertz CT molecular complexity index is 1310. The quantitative estimate of drug-likeness (QED) is 0.282. The lowest BCUT2D eigenvalue weighted by Crippen LogP contribution is -2.53. The van der Waals surface area contributed by atoms with Crippen molar-refractivity contribution in [3.05, 3.63) is 58.1 Å². The van der Waals surface area contributed by atoms with E-state index in [2.05, 4.69) is 5.32 Å². The Hall–Kier alpha value is -3.87. The number of carbonyl (C=O) groups is 2. The lowest BCUT2D eigenvalue weighted by atomic mass is 10.1. The summed E-state index contributed by atoms with van der Waals surface area (Å²) in [5.74, 6) is -0.302. The Kier molecular flexibility index (Phi) is 10.3. The average molecular weight is 577 g/mol. The fourth-order valence-corrected chi connectivity index (χ4v) is 5.64. The molecule has 0 aromatic heterocycles. The zero-order chi connectivity index (χ0) is 29.4. The van der Waals surface area contributed by atoms with E-state index in [1.807, 2.05) is 0 Å². The standard InChI is InChI=1S/C27H36N4O8S/c1-5-23(27(33)28-20-8-6-7-9-20)29(17-19-10-13-22(38-2)14-11-19)26(32)18-30(40(4,36)37)24-16-21(31(34)35)12-15-25(24)39-3/h10-16,20,23H,5-9,17-18H2,1-4H3,(H,28,33)/t23-/m1/s1. The molecule has 1 fully saturated rings. The summed E-state index contributed by atoms with van der Waals surface area (Å²) >= 11 is 0. The smallest absolute Gasteiger partial charge is 0.271 e. The summed E-state index contributed by atoms with van der Waals surface area (Å²) in [6.45, 7) is 1.12. The van der Waals surface area contributed by atoms with Gasteiger partial charge in [-0.1, -0.05) is 31.9 Å². The van der Waals surface area contributed by atoms with Gasteiger partial charge in [-0.3, -0.25) is 24.0 Å². The molecule has 1 saturated carbocycles. The van der Waals surface area contributed by atoms with Gasteiger partial charge in [-0.25, -0.2) is 8.42 Å². The largest absolute Gasteiger partial charge is 0.497 e. The number of benzene rings is 2. The second kappa shape index (κ2) is 13.5. The molecule has 2 aromatic rings. The van der Waals surface area contributed by atoms with Crippen molar-refractivity contribution < 1.29 is 32.4 Å². The maximum atomic E-state index is 13.9. The van der Waals surface area contributed by atoms with Crippen LogP contribution in [0.3, 0.4) is 0 Å². The number of rotatable bonds is 13. The molecule has 13 heteroatoms. The van der Waals surface area contributed by atoms with Gasteiger partial charge in [0, 0.05) is 24.7 Å². The number of sulfonamides is 1. The van der Waals surface area contributed by atoms with Crippen molar-refractivity contribution in [3.8, 4) is 11.5 Å². The first-order valence-electron chi connectivity index (χ1n) is 13.0. The fraction of sp³-hybridized carbons (Fsp3) is 0.481. The molecule has 0 unspecified atom stereocenters. The lowest BCUT2D eigenvalue weighted by molar-refractivity contribution is -0.384. The van der Waals surface area contributed by atoms with Crippen molar-refractivity contribution in [1.82, 2.24) is 10.2 Å². The van der Waals surface area contributed by atoms with Gasteiger partial charge in [-0.2, -0.15) is 0 Å². The van der Waals surface area contributed by atoms with Crippen LogP contribution in [0.25, 0.3) is 0 Å². The number of non-ortho nitro benzene ring substituents is 1. The number of carbonyl (C=O) groups excluding carboxylic acids is 2. The van der Waals surface area contributed by atoms with Crippen LogP contribution in [0, 0.1) is 10.1 Å². The van der Waals surface area contributed by atoms with Crippen molar-refractivity contribution in [1.29, 1.82) is 0 Å². The number of anilines is 1. The SMILES string of the molecule is CC[C@H](C(=O)NC1CCCC1)N(Cc1ccc(OC)cc1)C(=O)CN(c1cc([N+](=O)[O-])ccc1OC)S(C)(=O)=O. The molecule has 218 valence electrons. The third-order valence-corrected chi connectivity index (χ3v) is 8.05. The van der Waals surface area contributed by atoms with E-state index in [9.17, 15) is 28.1 Å². The number of hydrogen-bond donors (Lipinski definition) is 1. The van der Waals surface area contributed by atoms with Crippen LogP contribution < -0.4 is 19.1 Å². The molecule has 0 spiro atoms. The van der Waals surface area contributed by atoms with Gasteiger partial charge in [0.2, 0.25) is 21.8 Å². The van der Waals surface area contributed by atoms with Crippen molar-refractivity contribution in [2.24, 2.45) is 0 Å². The van der Waals surface area contributed by atoms with Crippen molar-refractivity contribution >= 4 is 33.2 Å². The maximum Gasteiger partial charge on any atom is 0.271 e. The first-order chi connectivity index (χ1) is 19.0. The van der Waals surface area contributed by atoms with Crippen LogP contribution in [0.4, 0.5) is 11.4 Å². The number of amides is 2. The van der Waals surface area contributed by atoms with E-state index in [4.69, 9.17) is 9.47 Å². The zero-order valence-electron chi connectivity index (χ0n) is 23.2. The summed E-state index contributed by atoms with van der Waals surface area (Å²) in [5.41, 5.74) is 0.190. The first-order valence-corrected chi connectivity index (χ1v) is 14.9. The van der Waals surface area contributed by atoms with Crippen LogP contribution >= 0.6 is 0 Å². The van der Waals surface area contributed by atoms with E-state index in [1.165, 1.54) is 31.3 Å². The molecule has 0 bridgehead atoms. The maximum absolute atomic E-state index is 13.9. The van der Waals surface area contributed by atoms with Gasteiger partial charge in [0.05, 0.1) is 25.4 Å². The number of nitro groups is 1. The van der Waals surface area contributed by atoms with Crippen LogP contribution in [0.2, 0.25) is 0 Å². The highest BCUT2D eigenvalue weighted by Crippen LogP contribution is 2.34. The molecular weight excluding hydrogens is 540 g/mol. The number of hydrogen-bond acceptors (Lipinski definition) is 8. The highest BCUT2D eigenvalue weighted by atomic mass is 32.2. The molecule has 2 amide bonds. The van der Waals surface area contributed by atoms with Crippen molar-refractivity contribution in [3.63, 3.8) is 0 Å². The highest BCUT2D eigenvalue weighted by Gasteiger charge is 2.34. The molecule has 40 heavy (non-hydrogen) atoms. The van der Waals surface area contributed by atoms with E-state index in [-0.39, 0.29) is 35.6 Å². The third-order valence-electron chi connectivity index (χ3n) is 6.92. The summed E-state index contributed by atoms with van der Waals surface area (Å²) < 4.78 is 37.1. The number of nitrogens with zero attached hydrogens (tertiary/aromatic N) is 3. The number of nitrogens with one attached hydrogen (secondary N) is 1. The van der Waals surface area contributed by atoms with Gasteiger partial charge in [0.15, 0.2) is 0 Å². The molecule has 12 nitrogen and oxygen atoms in total. The van der Waals surface area contributed by atoms with Gasteiger partial charge in [-0.15, -0.1) is 0 Å². The summed E-state index contributed by atoms with van der Waals surface area (Å²) in [4.78, 5) is 39.4. The molecule has 1 N–H and O–H groups in total. The van der Waals surface area contributed by atoms with E-state index in [0.29, 0.717) is 17.7 Å². The summed E-state index contributed by atoms with van der Waals surface area (Å²) in [5, 5.41) is 14.5. The Morgan fingerprint density at radius 2 is 1.75 bits per heavy atom. The van der Waals surface area contributed by atoms with Crippen molar-refractivity contribution in [2.45, 2.75) is 57.7 Å². The Morgan fingerprint density at radius 3 is 2.27 bits per heavy atom. The molecule has 0 radical (unpaired) electrons. The molecule has 1 aliphatic carbocycles. The molecule has 1 atom stereocenters. The predicted octanol–water partition coefficient (Wildman–Crippen LogP) is 3.24. The van der Waals surface area contributed by atoms with Crippen molar-refractivity contribution in [2.75, 3.05) is 31.3 Å². The van der Waals surface area contributed by atoms with Gasteiger partial charge in [0.25, 0.3) is 5.69 Å². The Labute approximate surface area is 234 Å². The average Bonchev–Trinajstić information content (AvgIpc) is 3.43. The minimum absolute atomic E-state index is 0.0288. The van der Waals surface area contributed by atoms with E-state index in [1.54, 1.807) is 31.2 Å². The highest BCUT2D eigenvalue weighted by molar-refractivity contribution is 7.92. The molecule has 0 saturated heterocycles. The molecule has 0 heterocycles. The van der Waals surface area contributed by atoms with Crippen LogP contribution in [-0.4, -0.2) is 69.2 Å². The molecule has 3 rings (SSSR count). The number of methoxy groups -OCH3 is 2. The van der Waals surface area contributed by atoms with E-state index in [0.717, 1.165) is 42.3 Å². The molecule has 2 aromatic carbocycles. The Balaban J connectivity index is 2.00. The van der Waals surface area contributed by atoms with Gasteiger partial charge >= 0.3 is 0 Å². The summed E-state index contributed by atoms with van der Waals surface area (Å²) in [6, 6.07) is 9.64. The topological polar surface area (TPSA) is 148 Å². The van der Waals surface area contributed by atoms with E-state index < -0.39 is 33.4 Å². The van der Waals surface area contributed by atoms with Gasteiger partial charge < -0.3 is 19.7 Å². The molecular formula is C27H36N4O8S. The second-order valence-corrected chi connectivity index (χ2v) is 11.6. The zero-order valence-corrected chi connectivity index (χ0v) is 24.0. The fourth-order valence-electron chi connectivity index (χ4n) is 4.80. The van der Waals surface area contributed by atoms with Crippen LogP contribution in [-0.2, 0) is 26.2 Å². The lowest BCUT2D eigenvalue weighted by Gasteiger charge is -2.33. The van der Waals surface area contributed by atoms with Crippen LogP contribution in [0.5, 0.6) is 11.5 Å². The monoisotopic (exact) mass is 576 g/mol. The van der Waals surface area contributed by atoms with Crippen LogP contribution in [0.1, 0.15) is 44.6 Å². The minimum Gasteiger partial charge on any atom is -0.497 e. The van der Waals surface area contributed by atoms with Gasteiger partial charge in [0.1, 0.15) is 29.8 Å². The summed E-state index contributed by atoms with van der Waals surface area (Å²) in [6.07, 6.45) is 4.96. The normalized spacial score (nSPS) is 14.3. The predicted molar refractivity (Wildman–Crippen MR) is 150 cm³/mol. The Morgan fingerprint density at radius 1 is 1.10 bits per heavy atom. The van der Waals surface area contributed by atoms with Crippen LogP contribution in [0.15, 0.2) is 42.5 Å². The molecule has 0 aliphatic heterocycles. The minimum atomic E-state index is -4.11. The number of nitro benzene ring substituents is 1. The second-order valence-electron chi connectivity index (χ2n) is 9.67.